The molecule has 0 saturated carbocycles. The first kappa shape index (κ1) is 20.2. The molecule has 0 N–H and O–H groups in total. The van der Waals surface area contributed by atoms with Crippen molar-refractivity contribution in [2.45, 2.75) is 17.8 Å². The zero-order valence-corrected chi connectivity index (χ0v) is 18.5. The maximum absolute atomic E-state index is 12.7. The number of thioether (sulfide) groups is 1. The van der Waals surface area contributed by atoms with Gasteiger partial charge in [0.05, 0.1) is 34.8 Å². The predicted octanol–water partition coefficient (Wildman–Crippen LogP) is 3.52. The van der Waals surface area contributed by atoms with Gasteiger partial charge in [0.15, 0.2) is 5.16 Å². The molecule has 0 amide bonds. The van der Waals surface area contributed by atoms with Gasteiger partial charge in [0, 0.05) is 18.2 Å². The maximum Gasteiger partial charge on any atom is 0.340 e. The van der Waals surface area contributed by atoms with Crippen molar-refractivity contribution in [2.75, 3.05) is 7.11 Å². The van der Waals surface area contributed by atoms with Crippen molar-refractivity contribution in [3.05, 3.63) is 75.7 Å². The fourth-order valence-corrected chi connectivity index (χ4v) is 4.84. The number of rotatable bonds is 4. The lowest BCUT2D eigenvalue weighted by Gasteiger charge is -2.13. The van der Waals surface area contributed by atoms with E-state index in [-0.39, 0.29) is 5.56 Å². The van der Waals surface area contributed by atoms with E-state index in [0.717, 1.165) is 22.0 Å². The highest BCUT2D eigenvalue weighted by atomic mass is 32.2. The topological polar surface area (TPSA) is 91.4 Å². The van der Waals surface area contributed by atoms with Crippen molar-refractivity contribution in [1.29, 1.82) is 0 Å². The molecule has 0 aliphatic carbocycles. The summed E-state index contributed by atoms with van der Waals surface area (Å²) in [6, 6.07) is 15.1. The number of aromatic nitrogens is 5. The molecular formula is C23H19N5O3S. The van der Waals surface area contributed by atoms with Crippen LogP contribution in [0.2, 0.25) is 0 Å². The fourth-order valence-electron chi connectivity index (χ4n) is 3.96. The molecule has 0 fully saturated rings. The number of hydrogen-bond donors (Lipinski definition) is 0. The van der Waals surface area contributed by atoms with Gasteiger partial charge in [-0.15, -0.1) is 10.2 Å². The Morgan fingerprint density at radius 1 is 1.06 bits per heavy atom. The molecule has 5 aromatic rings. The van der Waals surface area contributed by atoms with Crippen molar-refractivity contribution in [2.24, 2.45) is 7.05 Å². The summed E-state index contributed by atoms with van der Waals surface area (Å²) in [4.78, 5) is 30.0. The Morgan fingerprint density at radius 2 is 1.78 bits per heavy atom. The van der Waals surface area contributed by atoms with Crippen molar-refractivity contribution in [3.8, 4) is 0 Å². The summed E-state index contributed by atoms with van der Waals surface area (Å²) in [7, 11) is 3.05. The van der Waals surface area contributed by atoms with E-state index in [1.165, 1.54) is 23.4 Å². The van der Waals surface area contributed by atoms with Crippen LogP contribution in [0.3, 0.4) is 0 Å². The molecule has 3 heterocycles. The number of carbonyl (C=O) groups excluding carboxylic acids is 1. The normalized spacial score (nSPS) is 11.5. The number of aryl methyl sites for hydroxylation is 2. The van der Waals surface area contributed by atoms with E-state index < -0.39 is 5.97 Å². The molecular weight excluding hydrogens is 426 g/mol. The van der Waals surface area contributed by atoms with E-state index in [0.29, 0.717) is 33.3 Å². The zero-order valence-electron chi connectivity index (χ0n) is 17.7. The molecule has 0 atom stereocenters. The average molecular weight is 446 g/mol. The van der Waals surface area contributed by atoms with Gasteiger partial charge in [-0.05, 0) is 30.7 Å². The SMILES string of the molecule is COC(=O)c1c(CSc2nnc3n(C)c(=O)c4ccccc4n23)nc2ccccc2c1C. The Hall–Kier alpha value is -3.72. The number of ether oxygens (including phenoxy) is 1. The number of methoxy groups -OCH3 is 1. The van der Waals surface area contributed by atoms with Crippen LogP contribution in [-0.4, -0.2) is 37.2 Å². The summed E-state index contributed by atoms with van der Waals surface area (Å²) in [6.07, 6.45) is 0. The Bertz CT molecular complexity index is 1590. The van der Waals surface area contributed by atoms with Crippen LogP contribution in [0.1, 0.15) is 21.6 Å². The van der Waals surface area contributed by atoms with Crippen molar-refractivity contribution in [1.82, 2.24) is 24.1 Å². The number of pyridine rings is 1. The first-order valence-corrected chi connectivity index (χ1v) is 10.9. The zero-order chi connectivity index (χ0) is 22.4. The Morgan fingerprint density at radius 3 is 2.56 bits per heavy atom. The van der Waals surface area contributed by atoms with E-state index in [1.807, 2.05) is 53.8 Å². The number of hydrogen-bond acceptors (Lipinski definition) is 7. The van der Waals surface area contributed by atoms with Gasteiger partial charge >= 0.3 is 5.97 Å². The molecule has 2 aromatic carbocycles. The average Bonchev–Trinajstić information content (AvgIpc) is 3.25. The maximum atomic E-state index is 12.7. The number of fused-ring (bicyclic) bond motifs is 4. The molecule has 3 aromatic heterocycles. The molecule has 0 bridgehead atoms. The van der Waals surface area contributed by atoms with E-state index >= 15 is 0 Å². The highest BCUT2D eigenvalue weighted by molar-refractivity contribution is 7.98. The van der Waals surface area contributed by atoms with Gasteiger partial charge in [0.1, 0.15) is 0 Å². The van der Waals surface area contributed by atoms with Crippen LogP contribution < -0.4 is 5.56 Å². The molecule has 0 radical (unpaired) electrons. The van der Waals surface area contributed by atoms with Crippen LogP contribution in [0.4, 0.5) is 0 Å². The lowest BCUT2D eigenvalue weighted by molar-refractivity contribution is 0.0598. The lowest BCUT2D eigenvalue weighted by Crippen LogP contribution is -2.20. The molecule has 0 aliphatic heterocycles. The number of nitrogens with zero attached hydrogens (tertiary/aromatic N) is 5. The molecule has 5 rings (SSSR count). The second-order valence-electron chi connectivity index (χ2n) is 7.36. The number of esters is 1. The molecule has 160 valence electrons. The number of para-hydroxylation sites is 2. The quantitative estimate of drug-likeness (QED) is 0.309. The molecule has 9 heteroatoms. The van der Waals surface area contributed by atoms with Gasteiger partial charge in [-0.2, -0.15) is 0 Å². The highest BCUT2D eigenvalue weighted by Crippen LogP contribution is 2.29. The third-order valence-corrected chi connectivity index (χ3v) is 6.49. The summed E-state index contributed by atoms with van der Waals surface area (Å²) in [5.74, 6) is 0.413. The summed E-state index contributed by atoms with van der Waals surface area (Å²) >= 11 is 1.40. The van der Waals surface area contributed by atoms with Crippen LogP contribution in [0.15, 0.2) is 58.5 Å². The Kier molecular flexibility index (Phi) is 4.90. The second kappa shape index (κ2) is 7.76. The first-order valence-electron chi connectivity index (χ1n) is 9.93. The van der Waals surface area contributed by atoms with Gasteiger partial charge in [-0.1, -0.05) is 42.1 Å². The van der Waals surface area contributed by atoms with E-state index in [9.17, 15) is 9.59 Å². The van der Waals surface area contributed by atoms with Crippen LogP contribution in [0.5, 0.6) is 0 Å². The Balaban J connectivity index is 1.64. The third-order valence-electron chi connectivity index (χ3n) is 5.55. The van der Waals surface area contributed by atoms with Crippen LogP contribution in [0.25, 0.3) is 27.6 Å². The van der Waals surface area contributed by atoms with Gasteiger partial charge in [-0.3, -0.25) is 18.7 Å². The molecule has 0 saturated heterocycles. The molecule has 0 unspecified atom stereocenters. The van der Waals surface area contributed by atoms with Gasteiger partial charge in [0.2, 0.25) is 5.78 Å². The summed E-state index contributed by atoms with van der Waals surface area (Å²) in [5, 5.41) is 10.6. The monoisotopic (exact) mass is 445 g/mol. The highest BCUT2D eigenvalue weighted by Gasteiger charge is 2.21. The second-order valence-corrected chi connectivity index (χ2v) is 8.30. The van der Waals surface area contributed by atoms with Crippen LogP contribution >= 0.6 is 11.8 Å². The number of benzene rings is 2. The van der Waals surface area contributed by atoms with Gasteiger partial charge < -0.3 is 4.74 Å². The third kappa shape index (κ3) is 3.04. The van der Waals surface area contributed by atoms with Crippen LogP contribution in [-0.2, 0) is 17.5 Å². The van der Waals surface area contributed by atoms with Gasteiger partial charge in [0.25, 0.3) is 5.56 Å². The first-order chi connectivity index (χ1) is 15.5. The minimum Gasteiger partial charge on any atom is -0.465 e. The summed E-state index contributed by atoms with van der Waals surface area (Å²) < 4.78 is 8.38. The molecule has 8 nitrogen and oxygen atoms in total. The predicted molar refractivity (Wildman–Crippen MR) is 123 cm³/mol. The standard InChI is InChI=1S/C23H19N5O3S/c1-13-14-8-4-6-10-16(14)24-17(19(13)21(30)31-3)12-32-23-26-25-22-27(2)20(29)15-9-5-7-11-18(15)28(22)23/h4-11H,12H2,1-3H3. The van der Waals surface area contributed by atoms with E-state index in [2.05, 4.69) is 10.2 Å². The molecule has 32 heavy (non-hydrogen) atoms. The van der Waals surface area contributed by atoms with E-state index in [1.54, 1.807) is 13.1 Å². The van der Waals surface area contributed by atoms with Crippen molar-refractivity contribution >= 4 is 45.3 Å². The summed E-state index contributed by atoms with van der Waals surface area (Å²) in [6.45, 7) is 1.90. The minimum absolute atomic E-state index is 0.128. The molecule has 0 spiro atoms. The fraction of sp³-hybridized carbons (Fsp3) is 0.174. The van der Waals surface area contributed by atoms with Crippen molar-refractivity contribution in [3.63, 3.8) is 0 Å². The number of carbonyl (C=O) groups is 1. The largest absolute Gasteiger partial charge is 0.465 e. The van der Waals surface area contributed by atoms with Crippen LogP contribution in [0, 0.1) is 6.92 Å². The minimum atomic E-state index is -0.421. The van der Waals surface area contributed by atoms with Crippen molar-refractivity contribution < 1.29 is 9.53 Å². The van der Waals surface area contributed by atoms with E-state index in [4.69, 9.17) is 9.72 Å². The van der Waals surface area contributed by atoms with Gasteiger partial charge in [-0.25, -0.2) is 4.79 Å². The summed E-state index contributed by atoms with van der Waals surface area (Å²) in [5.41, 5.74) is 3.32. The Labute approximate surface area is 186 Å². The molecule has 0 aliphatic rings. The smallest absolute Gasteiger partial charge is 0.340 e. The lowest BCUT2D eigenvalue weighted by atomic mass is 10.0.